The first-order valence-corrected chi connectivity index (χ1v) is 9.98. The predicted octanol–water partition coefficient (Wildman–Crippen LogP) is 1.73. The van der Waals surface area contributed by atoms with Crippen molar-refractivity contribution in [2.75, 3.05) is 32.0 Å². The van der Waals surface area contributed by atoms with Crippen LogP contribution in [0.5, 0.6) is 11.5 Å². The van der Waals surface area contributed by atoms with Gasteiger partial charge in [-0.05, 0) is 55.0 Å². The van der Waals surface area contributed by atoms with Crippen molar-refractivity contribution in [3.05, 3.63) is 48.0 Å². The fourth-order valence-corrected chi connectivity index (χ4v) is 3.34. The minimum absolute atomic E-state index is 0.00887. The number of rotatable bonds is 9. The summed E-state index contributed by atoms with van der Waals surface area (Å²) in [5, 5.41) is 8.66. The number of sulfonamides is 1. The van der Waals surface area contributed by atoms with E-state index in [1.54, 1.807) is 33.2 Å². The lowest BCUT2D eigenvalue weighted by atomic mass is 10.2. The zero-order valence-corrected chi connectivity index (χ0v) is 17.0. The number of anilines is 1. The van der Waals surface area contributed by atoms with Crippen LogP contribution in [0, 0.1) is 6.92 Å². The number of ether oxygens (including phenoxy) is 2. The van der Waals surface area contributed by atoms with E-state index in [-0.39, 0.29) is 17.4 Å². The van der Waals surface area contributed by atoms with Gasteiger partial charge in [-0.15, -0.1) is 0 Å². The van der Waals surface area contributed by atoms with Crippen LogP contribution in [0.2, 0.25) is 0 Å². The molecule has 1 amide bonds. The van der Waals surface area contributed by atoms with E-state index in [1.807, 2.05) is 0 Å². The molecular weight excluding hydrogens is 400 g/mol. The molecule has 0 heterocycles. The minimum atomic E-state index is -3.86. The number of aryl methyl sites for hydroxylation is 1. The predicted molar refractivity (Wildman–Crippen MR) is 106 cm³/mol. The second kappa shape index (κ2) is 9.28. The van der Waals surface area contributed by atoms with Crippen molar-refractivity contribution in [3.8, 4) is 11.5 Å². The molecule has 0 spiro atoms. The SMILES string of the molecule is Cc1cc(S(=O)(=O)Nc2ccc(OCC(=O)N(C)C)cc2)ccc1OCC(=O)O. The number of hydrogen-bond donors (Lipinski definition) is 2. The highest BCUT2D eigenvalue weighted by Gasteiger charge is 2.16. The average molecular weight is 422 g/mol. The van der Waals surface area contributed by atoms with Crippen LogP contribution >= 0.6 is 0 Å². The highest BCUT2D eigenvalue weighted by Crippen LogP contribution is 2.24. The molecule has 0 aliphatic heterocycles. The normalized spacial score (nSPS) is 10.9. The summed E-state index contributed by atoms with van der Waals surface area (Å²) < 4.78 is 38.0. The molecule has 0 radical (unpaired) electrons. The van der Waals surface area contributed by atoms with Gasteiger partial charge in [0.25, 0.3) is 15.9 Å². The van der Waals surface area contributed by atoms with Crippen molar-refractivity contribution in [1.82, 2.24) is 4.90 Å². The maximum Gasteiger partial charge on any atom is 0.341 e. The third kappa shape index (κ3) is 6.39. The van der Waals surface area contributed by atoms with Crippen LogP contribution in [-0.2, 0) is 19.6 Å². The Bertz CT molecular complexity index is 986. The topological polar surface area (TPSA) is 122 Å². The molecule has 29 heavy (non-hydrogen) atoms. The number of amides is 1. The second-order valence-corrected chi connectivity index (χ2v) is 8.00. The average Bonchev–Trinajstić information content (AvgIpc) is 2.65. The molecule has 0 aliphatic carbocycles. The molecule has 10 heteroatoms. The van der Waals surface area contributed by atoms with Crippen LogP contribution in [0.15, 0.2) is 47.4 Å². The van der Waals surface area contributed by atoms with Crippen LogP contribution in [0.3, 0.4) is 0 Å². The van der Waals surface area contributed by atoms with Crippen LogP contribution in [0.1, 0.15) is 5.56 Å². The van der Waals surface area contributed by atoms with Crippen molar-refractivity contribution in [1.29, 1.82) is 0 Å². The number of carbonyl (C=O) groups is 2. The molecule has 2 aromatic rings. The first kappa shape index (κ1) is 22.0. The zero-order chi connectivity index (χ0) is 21.6. The molecule has 0 atom stereocenters. The first-order chi connectivity index (χ1) is 13.6. The van der Waals surface area contributed by atoms with Crippen molar-refractivity contribution in [3.63, 3.8) is 0 Å². The summed E-state index contributed by atoms with van der Waals surface area (Å²) in [5.41, 5.74) is 0.809. The van der Waals surface area contributed by atoms with Gasteiger partial charge in [-0.3, -0.25) is 9.52 Å². The molecule has 2 aromatic carbocycles. The number of carbonyl (C=O) groups excluding carboxylic acids is 1. The van der Waals surface area contributed by atoms with E-state index in [9.17, 15) is 18.0 Å². The summed E-state index contributed by atoms with van der Waals surface area (Å²) in [4.78, 5) is 23.5. The number of carboxylic acids is 1. The Kier molecular flexibility index (Phi) is 7.05. The van der Waals surface area contributed by atoms with Crippen LogP contribution in [0.4, 0.5) is 5.69 Å². The van der Waals surface area contributed by atoms with Gasteiger partial charge in [0.2, 0.25) is 0 Å². The Balaban J connectivity index is 2.06. The molecule has 156 valence electrons. The van der Waals surface area contributed by atoms with Crippen molar-refractivity contribution >= 4 is 27.6 Å². The number of hydrogen-bond acceptors (Lipinski definition) is 6. The quantitative estimate of drug-likeness (QED) is 0.631. The number of carboxylic acid groups (broad SMARTS) is 1. The molecule has 0 saturated carbocycles. The molecule has 9 nitrogen and oxygen atoms in total. The third-order valence-electron chi connectivity index (χ3n) is 3.78. The molecular formula is C19H22N2O7S. The van der Waals surface area contributed by atoms with E-state index in [0.29, 0.717) is 22.7 Å². The van der Waals surface area contributed by atoms with E-state index < -0.39 is 22.6 Å². The van der Waals surface area contributed by atoms with Gasteiger partial charge in [-0.2, -0.15) is 0 Å². The highest BCUT2D eigenvalue weighted by atomic mass is 32.2. The smallest absolute Gasteiger partial charge is 0.341 e. The lowest BCUT2D eigenvalue weighted by molar-refractivity contribution is -0.139. The van der Waals surface area contributed by atoms with Crippen LogP contribution in [0.25, 0.3) is 0 Å². The Labute approximate surface area is 168 Å². The molecule has 0 saturated heterocycles. The van der Waals surface area contributed by atoms with E-state index in [1.165, 1.54) is 35.2 Å². The van der Waals surface area contributed by atoms with Crippen molar-refractivity contribution in [2.24, 2.45) is 0 Å². The lowest BCUT2D eigenvalue weighted by Crippen LogP contribution is -2.27. The largest absolute Gasteiger partial charge is 0.484 e. The van der Waals surface area contributed by atoms with E-state index in [0.717, 1.165) is 0 Å². The molecule has 0 aliphatic rings. The van der Waals surface area contributed by atoms with Crippen molar-refractivity contribution < 1.29 is 32.6 Å². The van der Waals surface area contributed by atoms with Crippen LogP contribution in [-0.4, -0.2) is 57.6 Å². The van der Waals surface area contributed by atoms with Gasteiger partial charge < -0.3 is 19.5 Å². The Morgan fingerprint density at radius 3 is 2.24 bits per heavy atom. The van der Waals surface area contributed by atoms with Gasteiger partial charge in [-0.1, -0.05) is 0 Å². The number of nitrogens with zero attached hydrogens (tertiary/aromatic N) is 1. The number of aliphatic carboxylic acids is 1. The first-order valence-electron chi connectivity index (χ1n) is 8.49. The summed E-state index contributed by atoms with van der Waals surface area (Å²) in [7, 11) is -0.615. The van der Waals surface area contributed by atoms with Crippen LogP contribution < -0.4 is 14.2 Å². The van der Waals surface area contributed by atoms with Gasteiger partial charge >= 0.3 is 5.97 Å². The highest BCUT2D eigenvalue weighted by molar-refractivity contribution is 7.92. The number of likely N-dealkylation sites (N-methyl/N-ethyl adjacent to an activating group) is 1. The molecule has 2 rings (SSSR count). The molecule has 2 N–H and O–H groups in total. The van der Waals surface area contributed by atoms with Crippen molar-refractivity contribution in [2.45, 2.75) is 11.8 Å². The lowest BCUT2D eigenvalue weighted by Gasteiger charge is -2.13. The van der Waals surface area contributed by atoms with Gasteiger partial charge in [0.05, 0.1) is 4.90 Å². The number of benzene rings is 2. The van der Waals surface area contributed by atoms with Gasteiger partial charge in [0.15, 0.2) is 13.2 Å². The maximum absolute atomic E-state index is 12.6. The summed E-state index contributed by atoms with van der Waals surface area (Å²) >= 11 is 0. The van der Waals surface area contributed by atoms with E-state index in [4.69, 9.17) is 14.6 Å². The Morgan fingerprint density at radius 2 is 1.69 bits per heavy atom. The zero-order valence-electron chi connectivity index (χ0n) is 16.2. The third-order valence-corrected chi connectivity index (χ3v) is 5.15. The van der Waals surface area contributed by atoms with Gasteiger partial charge in [-0.25, -0.2) is 13.2 Å². The summed E-state index contributed by atoms with van der Waals surface area (Å²) in [6.45, 7) is 0.991. The molecule has 0 unspecified atom stereocenters. The Hall–Kier alpha value is -3.27. The number of nitrogens with one attached hydrogen (secondary N) is 1. The minimum Gasteiger partial charge on any atom is -0.484 e. The standard InChI is InChI=1S/C19H22N2O7S/c1-13-10-16(8-9-17(13)28-12-19(23)24)29(25,26)20-14-4-6-15(7-5-14)27-11-18(22)21(2)3/h4-10,20H,11-12H2,1-3H3,(H,23,24). The Morgan fingerprint density at radius 1 is 1.03 bits per heavy atom. The summed E-state index contributed by atoms with van der Waals surface area (Å²) in [6, 6.07) is 10.3. The molecule has 0 bridgehead atoms. The second-order valence-electron chi connectivity index (χ2n) is 6.32. The monoisotopic (exact) mass is 422 g/mol. The fraction of sp³-hybridized carbons (Fsp3) is 0.263. The summed E-state index contributed by atoms with van der Waals surface area (Å²) in [6.07, 6.45) is 0. The fourth-order valence-electron chi connectivity index (χ4n) is 2.20. The van der Waals surface area contributed by atoms with Gasteiger partial charge in [0, 0.05) is 19.8 Å². The van der Waals surface area contributed by atoms with Gasteiger partial charge in [0.1, 0.15) is 11.5 Å². The van der Waals surface area contributed by atoms with E-state index in [2.05, 4.69) is 4.72 Å². The van der Waals surface area contributed by atoms with E-state index >= 15 is 0 Å². The maximum atomic E-state index is 12.6. The summed E-state index contributed by atoms with van der Waals surface area (Å²) in [5.74, 6) is -0.596. The molecule has 0 aromatic heterocycles. The molecule has 0 fully saturated rings.